The molecule has 3 rings (SSSR count). The molecule has 2 aliphatic rings. The van der Waals surface area contributed by atoms with Crippen LogP contribution in [-0.2, 0) is 14.6 Å². The number of benzene rings is 1. The van der Waals surface area contributed by atoms with Gasteiger partial charge in [-0.1, -0.05) is 12.1 Å². The van der Waals surface area contributed by atoms with Crippen molar-refractivity contribution in [2.75, 3.05) is 55.7 Å². The van der Waals surface area contributed by atoms with Crippen molar-refractivity contribution in [1.82, 2.24) is 9.80 Å². The molecule has 0 radical (unpaired) electrons. The van der Waals surface area contributed by atoms with Gasteiger partial charge < -0.3 is 14.5 Å². The van der Waals surface area contributed by atoms with Crippen LogP contribution in [0.5, 0.6) is 5.75 Å². The lowest BCUT2D eigenvalue weighted by Gasteiger charge is -2.40. The Hall–Kier alpha value is -1.80. The Labute approximate surface area is 174 Å². The van der Waals surface area contributed by atoms with Crippen molar-refractivity contribution >= 4 is 21.4 Å². The Kier molecular flexibility index (Phi) is 7.05. The van der Waals surface area contributed by atoms with Gasteiger partial charge in [0.25, 0.3) is 0 Å². The number of nitrogens with zero attached hydrogens (tertiary/aromatic N) is 3. The van der Waals surface area contributed by atoms with Crippen molar-refractivity contribution in [3.05, 3.63) is 24.3 Å². The van der Waals surface area contributed by atoms with E-state index in [4.69, 9.17) is 4.74 Å². The van der Waals surface area contributed by atoms with E-state index in [1.54, 1.807) is 4.90 Å². The highest BCUT2D eigenvalue weighted by atomic mass is 32.2. The number of hydrogen-bond donors (Lipinski definition) is 0. The number of carbonyl (C=O) groups is 1. The Morgan fingerprint density at radius 1 is 1.21 bits per heavy atom. The number of rotatable bonds is 7. The molecule has 162 valence electrons. The molecule has 7 nitrogen and oxygen atoms in total. The molecule has 0 bridgehead atoms. The van der Waals surface area contributed by atoms with Crippen LogP contribution < -0.4 is 9.64 Å². The molecule has 2 fully saturated rings. The fourth-order valence-electron chi connectivity index (χ4n) is 4.36. The summed E-state index contributed by atoms with van der Waals surface area (Å²) in [7, 11) is -3.01. The minimum Gasteiger partial charge on any atom is -0.492 e. The van der Waals surface area contributed by atoms with Gasteiger partial charge >= 0.3 is 0 Å². The summed E-state index contributed by atoms with van der Waals surface area (Å²) in [5.74, 6) is 1.22. The number of ether oxygens (including phenoxy) is 1. The molecule has 0 aromatic heterocycles. The molecule has 0 N–H and O–H groups in total. The summed E-state index contributed by atoms with van der Waals surface area (Å²) < 4.78 is 29.4. The zero-order valence-electron chi connectivity index (χ0n) is 17.7. The molecule has 2 aliphatic heterocycles. The van der Waals surface area contributed by atoms with E-state index in [2.05, 4.69) is 15.9 Å². The standard InChI is InChI=1S/C21H33N3O4S/c1-4-24(18-10-15-29(26,27)16-18)21(25)17(3)22-11-13-23(14-12-22)19-8-6-7-9-20(19)28-5-2/h6-9,17-18H,4-5,10-16H2,1-3H3/t17-,18-/m0/s1. The van der Waals surface area contributed by atoms with Crippen molar-refractivity contribution in [2.45, 2.75) is 39.3 Å². The van der Waals surface area contributed by atoms with E-state index in [0.717, 1.165) is 37.6 Å². The molecular weight excluding hydrogens is 390 g/mol. The third-order valence-corrected chi connectivity index (χ3v) is 7.75. The maximum atomic E-state index is 13.1. The smallest absolute Gasteiger partial charge is 0.239 e. The second-order valence-corrected chi connectivity index (χ2v) is 10.0. The number of para-hydroxylation sites is 2. The van der Waals surface area contributed by atoms with Crippen LogP contribution in [0.3, 0.4) is 0 Å². The molecule has 1 aromatic carbocycles. The monoisotopic (exact) mass is 423 g/mol. The second-order valence-electron chi connectivity index (χ2n) is 7.78. The summed E-state index contributed by atoms with van der Waals surface area (Å²) in [6.07, 6.45) is 0.552. The molecule has 1 aromatic rings. The Morgan fingerprint density at radius 2 is 1.90 bits per heavy atom. The first-order chi connectivity index (χ1) is 13.9. The minimum absolute atomic E-state index is 0.0396. The molecule has 0 spiro atoms. The van der Waals surface area contributed by atoms with Crippen molar-refractivity contribution in [1.29, 1.82) is 0 Å². The van der Waals surface area contributed by atoms with Crippen LogP contribution in [0.25, 0.3) is 0 Å². The molecule has 0 unspecified atom stereocenters. The van der Waals surface area contributed by atoms with Gasteiger partial charge in [-0.2, -0.15) is 0 Å². The van der Waals surface area contributed by atoms with Gasteiger partial charge in [-0.3, -0.25) is 9.69 Å². The van der Waals surface area contributed by atoms with Gasteiger partial charge in [0.2, 0.25) is 5.91 Å². The first kappa shape index (κ1) is 21.9. The van der Waals surface area contributed by atoms with E-state index >= 15 is 0 Å². The van der Waals surface area contributed by atoms with E-state index < -0.39 is 9.84 Å². The van der Waals surface area contributed by atoms with Crippen LogP contribution in [-0.4, -0.2) is 87.0 Å². The normalized spacial score (nSPS) is 23.0. The SMILES string of the molecule is CCOc1ccccc1N1CCN([C@@H](C)C(=O)N(CC)[C@H]2CCS(=O)(=O)C2)CC1. The largest absolute Gasteiger partial charge is 0.492 e. The molecule has 0 saturated carbocycles. The minimum atomic E-state index is -3.01. The number of anilines is 1. The van der Waals surface area contributed by atoms with Crippen molar-refractivity contribution in [2.24, 2.45) is 0 Å². The number of amides is 1. The van der Waals surface area contributed by atoms with E-state index in [1.165, 1.54) is 0 Å². The first-order valence-electron chi connectivity index (χ1n) is 10.6. The third kappa shape index (κ3) is 5.04. The lowest BCUT2D eigenvalue weighted by molar-refractivity contribution is -0.138. The molecule has 29 heavy (non-hydrogen) atoms. The average molecular weight is 424 g/mol. The molecular formula is C21H33N3O4S. The van der Waals surface area contributed by atoms with E-state index in [-0.39, 0.29) is 29.5 Å². The topological polar surface area (TPSA) is 70.2 Å². The molecule has 8 heteroatoms. The molecule has 2 saturated heterocycles. The fourth-order valence-corrected chi connectivity index (χ4v) is 6.09. The molecule has 2 atom stereocenters. The Balaban J connectivity index is 1.61. The first-order valence-corrected chi connectivity index (χ1v) is 12.4. The van der Waals surface area contributed by atoms with Crippen molar-refractivity contribution in [3.63, 3.8) is 0 Å². The predicted molar refractivity (Wildman–Crippen MR) is 115 cm³/mol. The lowest BCUT2D eigenvalue weighted by Crippen LogP contribution is -2.56. The van der Waals surface area contributed by atoms with Crippen molar-refractivity contribution in [3.8, 4) is 5.75 Å². The van der Waals surface area contributed by atoms with Gasteiger partial charge in [0.15, 0.2) is 9.84 Å². The van der Waals surface area contributed by atoms with Crippen LogP contribution in [0.1, 0.15) is 27.2 Å². The summed E-state index contributed by atoms with van der Waals surface area (Å²) in [4.78, 5) is 19.4. The van der Waals surface area contributed by atoms with Gasteiger partial charge in [0.1, 0.15) is 5.75 Å². The summed E-state index contributed by atoms with van der Waals surface area (Å²) in [6.45, 7) is 10.3. The van der Waals surface area contributed by atoms with E-state index in [0.29, 0.717) is 19.6 Å². The molecule has 2 heterocycles. The average Bonchev–Trinajstić information content (AvgIpc) is 3.08. The van der Waals surface area contributed by atoms with Gasteiger partial charge in [-0.15, -0.1) is 0 Å². The maximum Gasteiger partial charge on any atom is 0.239 e. The highest BCUT2D eigenvalue weighted by Crippen LogP contribution is 2.29. The summed E-state index contributed by atoms with van der Waals surface area (Å²) >= 11 is 0. The Morgan fingerprint density at radius 3 is 2.48 bits per heavy atom. The number of hydrogen-bond acceptors (Lipinski definition) is 6. The van der Waals surface area contributed by atoms with Crippen LogP contribution in [0, 0.1) is 0 Å². The maximum absolute atomic E-state index is 13.1. The van der Waals surface area contributed by atoms with Crippen LogP contribution in [0.15, 0.2) is 24.3 Å². The lowest BCUT2D eigenvalue weighted by atomic mass is 10.1. The van der Waals surface area contributed by atoms with Crippen LogP contribution >= 0.6 is 0 Å². The van der Waals surface area contributed by atoms with Crippen LogP contribution in [0.4, 0.5) is 5.69 Å². The summed E-state index contributed by atoms with van der Waals surface area (Å²) in [6, 6.07) is 7.64. The van der Waals surface area contributed by atoms with Gasteiger partial charge in [0, 0.05) is 38.8 Å². The number of piperazine rings is 1. The highest BCUT2D eigenvalue weighted by Gasteiger charge is 2.37. The van der Waals surface area contributed by atoms with Crippen molar-refractivity contribution < 1.29 is 17.9 Å². The second kappa shape index (κ2) is 9.34. The molecule has 0 aliphatic carbocycles. The molecule has 1 amide bonds. The predicted octanol–water partition coefficient (Wildman–Crippen LogP) is 1.63. The zero-order valence-corrected chi connectivity index (χ0v) is 18.5. The Bertz CT molecular complexity index is 806. The quantitative estimate of drug-likeness (QED) is 0.664. The van der Waals surface area contributed by atoms with E-state index in [1.807, 2.05) is 39.0 Å². The third-order valence-electron chi connectivity index (χ3n) is 6.00. The zero-order chi connectivity index (χ0) is 21.0. The summed E-state index contributed by atoms with van der Waals surface area (Å²) in [5.41, 5.74) is 1.10. The van der Waals surface area contributed by atoms with Gasteiger partial charge in [0.05, 0.1) is 29.8 Å². The van der Waals surface area contributed by atoms with E-state index in [9.17, 15) is 13.2 Å². The summed E-state index contributed by atoms with van der Waals surface area (Å²) in [5, 5.41) is 0. The number of carbonyl (C=O) groups excluding carboxylic acids is 1. The van der Waals surface area contributed by atoms with Gasteiger partial charge in [-0.05, 0) is 39.3 Å². The van der Waals surface area contributed by atoms with Gasteiger partial charge in [-0.25, -0.2) is 8.42 Å². The number of likely N-dealkylation sites (N-methyl/N-ethyl adjacent to an activating group) is 1. The number of sulfone groups is 1. The highest BCUT2D eigenvalue weighted by molar-refractivity contribution is 7.91. The van der Waals surface area contributed by atoms with Crippen LogP contribution in [0.2, 0.25) is 0 Å². The fraction of sp³-hybridized carbons (Fsp3) is 0.667.